The minimum Gasteiger partial charge on any atom is -0.322 e. The topological polar surface area (TPSA) is 68.9 Å². The fourth-order valence-electron chi connectivity index (χ4n) is 3.94. The zero-order chi connectivity index (χ0) is 22.1. The molecule has 0 aliphatic rings. The summed E-state index contributed by atoms with van der Waals surface area (Å²) >= 11 is 0. The van der Waals surface area contributed by atoms with Crippen molar-refractivity contribution in [1.82, 2.24) is 14.3 Å². The molecule has 4 rings (SSSR count). The maximum Gasteiger partial charge on any atom is 0.253 e. The van der Waals surface area contributed by atoms with Gasteiger partial charge in [0.2, 0.25) is 5.91 Å². The number of anilines is 1. The lowest BCUT2D eigenvalue weighted by atomic mass is 10.1. The molecule has 0 bridgehead atoms. The molecular formula is C24H23FN4O2. The molecule has 1 amide bonds. The predicted octanol–water partition coefficient (Wildman–Crippen LogP) is 4.53. The number of carbonyl (C=O) groups is 1. The third-order valence-corrected chi connectivity index (χ3v) is 5.37. The minimum atomic E-state index is -0.839. The number of hydrogen-bond donors (Lipinski definition) is 1. The van der Waals surface area contributed by atoms with Crippen LogP contribution in [0.3, 0.4) is 0 Å². The van der Waals surface area contributed by atoms with Crippen molar-refractivity contribution in [1.29, 1.82) is 0 Å². The third-order valence-electron chi connectivity index (χ3n) is 5.37. The highest BCUT2D eigenvalue weighted by molar-refractivity contribution is 5.95. The first-order valence-corrected chi connectivity index (χ1v) is 10.1. The van der Waals surface area contributed by atoms with Gasteiger partial charge >= 0.3 is 0 Å². The van der Waals surface area contributed by atoms with Crippen molar-refractivity contribution in [3.8, 4) is 5.69 Å². The van der Waals surface area contributed by atoms with Gasteiger partial charge < -0.3 is 5.32 Å². The van der Waals surface area contributed by atoms with E-state index >= 15 is 0 Å². The molecule has 1 atom stereocenters. The summed E-state index contributed by atoms with van der Waals surface area (Å²) in [5.41, 5.74) is 2.65. The monoisotopic (exact) mass is 418 g/mol. The molecule has 31 heavy (non-hydrogen) atoms. The molecule has 0 radical (unpaired) electrons. The van der Waals surface area contributed by atoms with E-state index in [2.05, 4.69) is 10.4 Å². The first-order chi connectivity index (χ1) is 14.9. The van der Waals surface area contributed by atoms with E-state index in [1.807, 2.05) is 51.1 Å². The van der Waals surface area contributed by atoms with E-state index in [0.29, 0.717) is 12.1 Å². The van der Waals surface area contributed by atoms with Crippen LogP contribution in [0, 0.1) is 19.7 Å². The lowest BCUT2D eigenvalue weighted by molar-refractivity contribution is -0.119. The number of nitrogens with one attached hydrogen (secondary N) is 1. The summed E-state index contributed by atoms with van der Waals surface area (Å²) < 4.78 is 17.3. The van der Waals surface area contributed by atoms with Gasteiger partial charge in [0.05, 0.1) is 17.1 Å². The summed E-state index contributed by atoms with van der Waals surface area (Å²) in [5.74, 6) is -0.990. The van der Waals surface area contributed by atoms with E-state index in [0.717, 1.165) is 22.3 Å². The van der Waals surface area contributed by atoms with E-state index in [9.17, 15) is 14.0 Å². The number of amides is 1. The van der Waals surface area contributed by atoms with Gasteiger partial charge in [0.15, 0.2) is 0 Å². The van der Waals surface area contributed by atoms with Crippen molar-refractivity contribution in [3.63, 3.8) is 0 Å². The van der Waals surface area contributed by atoms with E-state index in [1.54, 1.807) is 16.8 Å². The molecule has 6 nitrogen and oxygen atoms in total. The number of rotatable bonds is 5. The zero-order valence-electron chi connectivity index (χ0n) is 17.6. The Balaban J connectivity index is 1.92. The fraction of sp³-hybridized carbons (Fsp3) is 0.208. The lowest BCUT2D eigenvalue weighted by Gasteiger charge is -2.21. The molecule has 2 heterocycles. The van der Waals surface area contributed by atoms with E-state index in [-0.39, 0.29) is 11.2 Å². The van der Waals surface area contributed by atoms with Gasteiger partial charge in [-0.15, -0.1) is 0 Å². The molecule has 0 aliphatic heterocycles. The molecule has 0 unspecified atom stereocenters. The maximum absolute atomic E-state index is 14.1. The van der Waals surface area contributed by atoms with Crippen LogP contribution in [-0.2, 0) is 4.79 Å². The average molecular weight is 418 g/mol. The maximum atomic E-state index is 14.1. The number of para-hydroxylation sites is 2. The van der Waals surface area contributed by atoms with Crippen molar-refractivity contribution < 1.29 is 9.18 Å². The Morgan fingerprint density at radius 3 is 2.45 bits per heavy atom. The quantitative estimate of drug-likeness (QED) is 0.518. The van der Waals surface area contributed by atoms with Crippen LogP contribution in [0.2, 0.25) is 0 Å². The van der Waals surface area contributed by atoms with E-state index < -0.39 is 17.8 Å². The van der Waals surface area contributed by atoms with Gasteiger partial charge in [-0.3, -0.25) is 14.2 Å². The summed E-state index contributed by atoms with van der Waals surface area (Å²) in [5, 5.41) is 8.11. The highest BCUT2D eigenvalue weighted by Crippen LogP contribution is 2.27. The van der Waals surface area contributed by atoms with Crippen molar-refractivity contribution in [2.45, 2.75) is 33.2 Å². The van der Waals surface area contributed by atoms with Crippen molar-refractivity contribution in [2.75, 3.05) is 5.32 Å². The number of nitrogens with zero attached hydrogens (tertiary/aromatic N) is 3. The van der Waals surface area contributed by atoms with Crippen LogP contribution in [-0.4, -0.2) is 20.3 Å². The van der Waals surface area contributed by atoms with Crippen LogP contribution in [0.25, 0.3) is 16.7 Å². The van der Waals surface area contributed by atoms with Crippen LogP contribution >= 0.6 is 0 Å². The summed E-state index contributed by atoms with van der Waals surface area (Å²) in [6, 6.07) is 16.1. The van der Waals surface area contributed by atoms with Gasteiger partial charge in [0.1, 0.15) is 17.5 Å². The number of hydrogen-bond acceptors (Lipinski definition) is 3. The number of fused-ring (bicyclic) bond motifs is 1. The first kappa shape index (κ1) is 20.5. The Bertz CT molecular complexity index is 1320. The SMILES string of the molecule is CC[C@H](C(=O)Nc1ccccc1F)n1c(=O)cc(C)c2c(C)nn(-c3ccccc3)c21. The molecule has 0 fully saturated rings. The molecule has 158 valence electrons. The Hall–Kier alpha value is -3.74. The number of halogens is 1. The minimum absolute atomic E-state index is 0.0788. The number of aromatic nitrogens is 3. The van der Waals surface area contributed by atoms with Gasteiger partial charge in [-0.1, -0.05) is 37.3 Å². The van der Waals surface area contributed by atoms with E-state index in [4.69, 9.17) is 0 Å². The Morgan fingerprint density at radius 1 is 1.10 bits per heavy atom. The van der Waals surface area contributed by atoms with Gasteiger partial charge in [-0.25, -0.2) is 9.07 Å². The number of aryl methyl sites for hydroxylation is 2. The summed E-state index contributed by atoms with van der Waals surface area (Å²) in [6.07, 6.45) is 0.345. The van der Waals surface area contributed by atoms with Crippen molar-refractivity contribution in [3.05, 3.63) is 88.1 Å². The number of pyridine rings is 1. The smallest absolute Gasteiger partial charge is 0.253 e. The lowest BCUT2D eigenvalue weighted by Crippen LogP contribution is -2.34. The second-order valence-corrected chi connectivity index (χ2v) is 7.46. The van der Waals surface area contributed by atoms with Gasteiger partial charge in [0, 0.05) is 11.5 Å². The van der Waals surface area contributed by atoms with Gasteiger partial charge in [-0.2, -0.15) is 5.10 Å². The number of benzene rings is 2. The molecule has 2 aromatic heterocycles. The van der Waals surface area contributed by atoms with Crippen LogP contribution in [0.15, 0.2) is 65.5 Å². The second kappa shape index (κ2) is 8.18. The molecule has 0 aliphatic carbocycles. The van der Waals surface area contributed by atoms with Crippen LogP contribution in [0.5, 0.6) is 0 Å². The fourth-order valence-corrected chi connectivity index (χ4v) is 3.94. The van der Waals surface area contributed by atoms with Crippen molar-refractivity contribution in [2.24, 2.45) is 0 Å². The summed E-state index contributed by atoms with van der Waals surface area (Å²) in [6.45, 7) is 5.56. The molecule has 0 spiro atoms. The summed E-state index contributed by atoms with van der Waals surface area (Å²) in [7, 11) is 0. The molecule has 2 aromatic carbocycles. The first-order valence-electron chi connectivity index (χ1n) is 10.1. The Labute approximate surface area is 178 Å². The van der Waals surface area contributed by atoms with Gasteiger partial charge in [-0.05, 0) is 50.1 Å². The van der Waals surface area contributed by atoms with E-state index in [1.165, 1.54) is 22.8 Å². The molecule has 0 saturated heterocycles. The summed E-state index contributed by atoms with van der Waals surface area (Å²) in [4.78, 5) is 26.3. The zero-order valence-corrected chi connectivity index (χ0v) is 17.6. The van der Waals surface area contributed by atoms with Crippen LogP contribution < -0.4 is 10.9 Å². The average Bonchev–Trinajstić information content (AvgIpc) is 3.10. The third kappa shape index (κ3) is 3.63. The number of carbonyl (C=O) groups excluding carboxylic acids is 1. The highest BCUT2D eigenvalue weighted by Gasteiger charge is 2.26. The normalized spacial score (nSPS) is 12.1. The Morgan fingerprint density at radius 2 is 1.77 bits per heavy atom. The second-order valence-electron chi connectivity index (χ2n) is 7.46. The van der Waals surface area contributed by atoms with Crippen LogP contribution in [0.1, 0.15) is 30.6 Å². The molecule has 7 heteroatoms. The predicted molar refractivity (Wildman–Crippen MR) is 119 cm³/mol. The molecular weight excluding hydrogens is 395 g/mol. The van der Waals surface area contributed by atoms with Crippen molar-refractivity contribution >= 4 is 22.6 Å². The molecule has 1 N–H and O–H groups in total. The highest BCUT2D eigenvalue weighted by atomic mass is 19.1. The molecule has 4 aromatic rings. The standard InChI is InChI=1S/C24H23FN4O2/c1-4-20(23(31)26-19-13-9-8-12-18(19)25)28-21(30)14-15(2)22-16(3)27-29(24(22)28)17-10-6-5-7-11-17/h5-14,20H,4H2,1-3H3,(H,26,31)/t20-/m1/s1. The largest absolute Gasteiger partial charge is 0.322 e. The van der Waals surface area contributed by atoms with Gasteiger partial charge in [0.25, 0.3) is 5.56 Å². The Kier molecular flexibility index (Phi) is 5.42. The van der Waals surface area contributed by atoms with Crippen LogP contribution in [0.4, 0.5) is 10.1 Å². The molecule has 0 saturated carbocycles.